The van der Waals surface area contributed by atoms with Crippen molar-refractivity contribution in [2.45, 2.75) is 17.9 Å². The first-order valence-corrected chi connectivity index (χ1v) is 12.7. The number of rotatable bonds is 7. The zero-order chi connectivity index (χ0) is 26.4. The number of nitrogens with one attached hydrogen (secondary N) is 1. The van der Waals surface area contributed by atoms with E-state index < -0.39 is 28.7 Å². The maximum Gasteiger partial charge on any atom is 0.357 e. The van der Waals surface area contributed by atoms with Crippen LogP contribution in [0.15, 0.2) is 78.0 Å². The molecule has 2 aromatic carbocycles. The van der Waals surface area contributed by atoms with Crippen LogP contribution in [0, 0.1) is 18.8 Å². The molecular formula is C27H23N3O6S. The van der Waals surface area contributed by atoms with Crippen molar-refractivity contribution in [3.8, 4) is 11.8 Å². The van der Waals surface area contributed by atoms with Crippen LogP contribution >= 0.6 is 0 Å². The molecule has 37 heavy (non-hydrogen) atoms. The summed E-state index contributed by atoms with van der Waals surface area (Å²) >= 11 is 0. The molecule has 9 nitrogen and oxygen atoms in total. The number of fused-ring (bicyclic) bond motifs is 1. The fraction of sp³-hybridized carbons (Fsp3) is 0.148. The summed E-state index contributed by atoms with van der Waals surface area (Å²) < 4.78 is 34.3. The maximum absolute atomic E-state index is 13.4. The Kier molecular flexibility index (Phi) is 7.79. The number of ether oxygens (including phenoxy) is 1. The van der Waals surface area contributed by atoms with Crippen molar-refractivity contribution in [1.29, 1.82) is 0 Å². The van der Waals surface area contributed by atoms with Gasteiger partial charge in [-0.3, -0.25) is 9.71 Å². The van der Waals surface area contributed by atoms with Crippen LogP contribution in [0.4, 0.5) is 5.69 Å². The molecule has 4 rings (SSSR count). The molecule has 2 heterocycles. The van der Waals surface area contributed by atoms with Gasteiger partial charge in [-0.1, -0.05) is 42.2 Å². The van der Waals surface area contributed by atoms with Crippen molar-refractivity contribution < 1.29 is 28.2 Å². The normalized spacial score (nSPS) is 11.9. The quantitative estimate of drug-likeness (QED) is 0.251. The van der Waals surface area contributed by atoms with Gasteiger partial charge in [-0.05, 0) is 42.8 Å². The molecule has 3 N–H and O–H groups in total. The highest BCUT2D eigenvalue weighted by molar-refractivity contribution is 7.93. The van der Waals surface area contributed by atoms with Gasteiger partial charge in [0.15, 0.2) is 0 Å². The summed E-state index contributed by atoms with van der Waals surface area (Å²) in [5.41, 5.74) is 2.20. The largest absolute Gasteiger partial charge is 0.458 e. The number of pyridine rings is 2. The molecule has 2 aromatic heterocycles. The predicted octanol–water partition coefficient (Wildman–Crippen LogP) is 2.65. The van der Waals surface area contributed by atoms with Gasteiger partial charge in [0.1, 0.15) is 23.3 Å². The van der Waals surface area contributed by atoms with Crippen LogP contribution in [0.5, 0.6) is 0 Å². The van der Waals surface area contributed by atoms with Gasteiger partial charge in [0.2, 0.25) is 0 Å². The van der Waals surface area contributed by atoms with E-state index in [0.717, 1.165) is 0 Å². The van der Waals surface area contributed by atoms with Crippen LogP contribution in [0.25, 0.3) is 10.9 Å². The van der Waals surface area contributed by atoms with E-state index >= 15 is 0 Å². The number of aliphatic hydroxyl groups is 2. The number of anilines is 1. The highest BCUT2D eigenvalue weighted by Gasteiger charge is 2.22. The minimum atomic E-state index is -3.98. The molecule has 0 aliphatic heterocycles. The van der Waals surface area contributed by atoms with E-state index in [0.29, 0.717) is 33.3 Å². The van der Waals surface area contributed by atoms with Crippen molar-refractivity contribution in [2.75, 3.05) is 17.9 Å². The van der Waals surface area contributed by atoms with Crippen LogP contribution in [0.3, 0.4) is 0 Å². The molecule has 0 saturated carbocycles. The van der Waals surface area contributed by atoms with Gasteiger partial charge in [-0.25, -0.2) is 18.2 Å². The summed E-state index contributed by atoms with van der Waals surface area (Å²) in [6, 6.07) is 16.9. The second-order valence-corrected chi connectivity index (χ2v) is 9.67. The lowest BCUT2D eigenvalue weighted by Crippen LogP contribution is -2.22. The van der Waals surface area contributed by atoms with Crippen molar-refractivity contribution >= 4 is 32.6 Å². The second kappa shape index (κ2) is 11.2. The van der Waals surface area contributed by atoms with E-state index in [1.807, 2.05) is 6.07 Å². The lowest BCUT2D eigenvalue weighted by Gasteiger charge is -2.13. The molecule has 0 bridgehead atoms. The van der Waals surface area contributed by atoms with Gasteiger partial charge in [0.05, 0.1) is 17.8 Å². The van der Waals surface area contributed by atoms with Crippen LogP contribution in [-0.2, 0) is 14.8 Å². The number of hydrogen-bond acceptors (Lipinski definition) is 8. The Morgan fingerprint density at radius 2 is 1.86 bits per heavy atom. The van der Waals surface area contributed by atoms with E-state index in [1.54, 1.807) is 61.7 Å². The topological polar surface area (TPSA) is 139 Å². The van der Waals surface area contributed by atoms with E-state index in [2.05, 4.69) is 26.5 Å². The summed E-state index contributed by atoms with van der Waals surface area (Å²) in [5, 5.41) is 18.8. The number of nitrogens with zero attached hydrogens (tertiary/aromatic N) is 2. The molecule has 1 atom stereocenters. The first-order valence-electron chi connectivity index (χ1n) is 11.2. The third-order valence-electron chi connectivity index (χ3n) is 5.30. The summed E-state index contributed by atoms with van der Waals surface area (Å²) in [4.78, 5) is 20.4. The average Bonchev–Trinajstić information content (AvgIpc) is 2.90. The lowest BCUT2D eigenvalue weighted by atomic mass is 10.1. The van der Waals surface area contributed by atoms with E-state index in [4.69, 9.17) is 9.84 Å². The predicted molar refractivity (Wildman–Crippen MR) is 137 cm³/mol. The Labute approximate surface area is 213 Å². The zero-order valence-electron chi connectivity index (χ0n) is 19.7. The number of carbonyl (C=O) groups is 1. The molecule has 0 spiro atoms. The van der Waals surface area contributed by atoms with Gasteiger partial charge in [0.25, 0.3) is 10.0 Å². The Morgan fingerprint density at radius 3 is 2.62 bits per heavy atom. The number of para-hydroxylation sites is 1. The van der Waals surface area contributed by atoms with Crippen LogP contribution in [0.1, 0.15) is 27.2 Å². The van der Waals surface area contributed by atoms with Crippen molar-refractivity contribution in [3.05, 3.63) is 95.4 Å². The van der Waals surface area contributed by atoms with Crippen LogP contribution in [-0.4, -0.2) is 53.9 Å². The van der Waals surface area contributed by atoms with Gasteiger partial charge in [0, 0.05) is 28.9 Å². The summed E-state index contributed by atoms with van der Waals surface area (Å²) in [5.74, 6) is 5.11. The number of aryl methyl sites for hydroxylation is 1. The van der Waals surface area contributed by atoms with E-state index in [-0.39, 0.29) is 17.2 Å². The molecule has 188 valence electrons. The Hall–Kier alpha value is -4.30. The molecular weight excluding hydrogens is 494 g/mol. The number of carbonyl (C=O) groups excluding carboxylic acids is 1. The minimum Gasteiger partial charge on any atom is -0.458 e. The van der Waals surface area contributed by atoms with Crippen molar-refractivity contribution in [2.24, 2.45) is 0 Å². The lowest BCUT2D eigenvalue weighted by molar-refractivity contribution is 0.00888. The average molecular weight is 518 g/mol. The van der Waals surface area contributed by atoms with E-state index in [9.17, 15) is 18.3 Å². The standard InChI is InChI=1S/C27H23N3O6S/c1-18-8-11-21-6-4-14-28-25(21)26(18)37(34,35)30-23-7-3-2-5-20(23)12-9-19-10-13-24(29-15-19)27(33)36-17-22(32)16-31/h2-8,10-11,13-15,22,30-32H,16-17H2,1H3. The highest BCUT2D eigenvalue weighted by atomic mass is 32.2. The fourth-order valence-electron chi connectivity index (χ4n) is 3.46. The SMILES string of the molecule is Cc1ccc2cccnc2c1S(=O)(=O)Nc1ccccc1C#Cc1ccc(C(=O)OCC(O)CO)nc1. The number of sulfonamides is 1. The monoisotopic (exact) mass is 517 g/mol. The van der Waals surface area contributed by atoms with Gasteiger partial charge >= 0.3 is 5.97 Å². The van der Waals surface area contributed by atoms with E-state index in [1.165, 1.54) is 12.3 Å². The number of benzene rings is 2. The molecule has 0 aliphatic carbocycles. The first kappa shape index (κ1) is 25.8. The van der Waals surface area contributed by atoms with Gasteiger partial charge in [-0.15, -0.1) is 0 Å². The van der Waals surface area contributed by atoms with Crippen molar-refractivity contribution in [1.82, 2.24) is 9.97 Å². The Bertz CT molecular complexity index is 1610. The van der Waals surface area contributed by atoms with Crippen molar-refractivity contribution in [3.63, 3.8) is 0 Å². The third-order valence-corrected chi connectivity index (χ3v) is 6.84. The minimum absolute atomic E-state index is 0.0166. The summed E-state index contributed by atoms with van der Waals surface area (Å²) in [6.07, 6.45) is 1.77. The number of esters is 1. The number of hydrogen-bond donors (Lipinski definition) is 3. The number of aromatic nitrogens is 2. The van der Waals surface area contributed by atoms with Crippen LogP contribution < -0.4 is 4.72 Å². The Balaban J connectivity index is 1.57. The highest BCUT2D eigenvalue weighted by Crippen LogP contribution is 2.27. The summed E-state index contributed by atoms with van der Waals surface area (Å²) in [7, 11) is -3.98. The fourth-order valence-corrected chi connectivity index (χ4v) is 4.95. The van der Waals surface area contributed by atoms with Gasteiger partial charge in [-0.2, -0.15) is 0 Å². The molecule has 0 fully saturated rings. The van der Waals surface area contributed by atoms with Crippen LogP contribution in [0.2, 0.25) is 0 Å². The van der Waals surface area contributed by atoms with Gasteiger partial charge < -0.3 is 14.9 Å². The smallest absolute Gasteiger partial charge is 0.357 e. The molecule has 0 saturated heterocycles. The molecule has 0 aliphatic rings. The molecule has 0 amide bonds. The Morgan fingerprint density at radius 1 is 1.05 bits per heavy atom. The molecule has 4 aromatic rings. The summed E-state index contributed by atoms with van der Waals surface area (Å²) in [6.45, 7) is 0.848. The zero-order valence-corrected chi connectivity index (χ0v) is 20.6. The first-order chi connectivity index (χ1) is 17.8. The molecule has 10 heteroatoms. The molecule has 0 radical (unpaired) electrons. The maximum atomic E-state index is 13.4. The molecule has 1 unspecified atom stereocenters. The number of aliphatic hydroxyl groups excluding tert-OH is 2. The third kappa shape index (κ3) is 6.10. The second-order valence-electron chi connectivity index (χ2n) is 8.05.